The summed E-state index contributed by atoms with van der Waals surface area (Å²) in [5, 5.41) is 13.9. The summed E-state index contributed by atoms with van der Waals surface area (Å²) in [6.45, 7) is -0.344. The zero-order valence-electron chi connectivity index (χ0n) is 9.76. The Kier molecular flexibility index (Phi) is 3.43. The van der Waals surface area contributed by atoms with E-state index in [-0.39, 0.29) is 12.1 Å². The highest BCUT2D eigenvalue weighted by Crippen LogP contribution is 2.32. The average Bonchev–Trinajstić information content (AvgIpc) is 2.79. The van der Waals surface area contributed by atoms with Crippen LogP contribution in [0.5, 0.6) is 0 Å². The molecule has 0 aliphatic rings. The van der Waals surface area contributed by atoms with Crippen LogP contribution >= 0.6 is 0 Å². The first-order valence-electron chi connectivity index (χ1n) is 5.31. The van der Waals surface area contributed by atoms with Crippen molar-refractivity contribution in [3.8, 4) is 0 Å². The second-order valence-corrected chi connectivity index (χ2v) is 3.93. The van der Waals surface area contributed by atoms with Gasteiger partial charge in [-0.05, 0) is 22.6 Å². The van der Waals surface area contributed by atoms with Gasteiger partial charge < -0.3 is 10.1 Å². The van der Waals surface area contributed by atoms with Crippen LogP contribution in [0.1, 0.15) is 11.1 Å². The molecule has 1 heterocycles. The molecule has 0 N–H and O–H groups in total. The summed E-state index contributed by atoms with van der Waals surface area (Å²) in [6, 6.07) is 3.32. The van der Waals surface area contributed by atoms with Crippen molar-refractivity contribution in [2.75, 3.05) is 0 Å². The van der Waals surface area contributed by atoms with Gasteiger partial charge in [-0.1, -0.05) is 6.07 Å². The van der Waals surface area contributed by atoms with Gasteiger partial charge in [-0.2, -0.15) is 17.9 Å². The van der Waals surface area contributed by atoms with Crippen LogP contribution in [0, 0.1) is 15.9 Å². The van der Waals surface area contributed by atoms with Gasteiger partial charge in [0.2, 0.25) is 0 Å². The lowest BCUT2D eigenvalue weighted by atomic mass is 10.1. The first kappa shape index (κ1) is 14.0. The third-order valence-electron chi connectivity index (χ3n) is 2.52. The van der Waals surface area contributed by atoms with E-state index in [4.69, 9.17) is 0 Å². The first-order valence-corrected chi connectivity index (χ1v) is 5.31. The second kappa shape index (κ2) is 4.91. The number of hydrogen-bond acceptors (Lipinski definition) is 3. The molecule has 0 bridgehead atoms. The second-order valence-electron chi connectivity index (χ2n) is 3.93. The number of hydrogen-bond donors (Lipinski definition) is 0. The molecule has 0 saturated carbocycles. The Balaban J connectivity index is 2.35. The molecule has 0 saturated heterocycles. The third-order valence-corrected chi connectivity index (χ3v) is 2.52. The molecular formula is C11H7F4N3O2. The lowest BCUT2D eigenvalue weighted by Gasteiger charge is -2.11. The van der Waals surface area contributed by atoms with Crippen molar-refractivity contribution in [1.82, 2.24) is 9.78 Å². The lowest BCUT2D eigenvalue weighted by molar-refractivity contribution is -0.389. The summed E-state index contributed by atoms with van der Waals surface area (Å²) < 4.78 is 52.2. The molecule has 2 rings (SSSR count). The van der Waals surface area contributed by atoms with E-state index in [2.05, 4.69) is 5.10 Å². The maximum absolute atomic E-state index is 12.9. The topological polar surface area (TPSA) is 61.0 Å². The minimum absolute atomic E-state index is 0.225. The lowest BCUT2D eigenvalue weighted by Crippen LogP contribution is -2.12. The number of halogens is 4. The Morgan fingerprint density at radius 3 is 2.55 bits per heavy atom. The van der Waals surface area contributed by atoms with Crippen LogP contribution < -0.4 is 0 Å². The fourth-order valence-electron chi connectivity index (χ4n) is 1.66. The van der Waals surface area contributed by atoms with Gasteiger partial charge in [0.1, 0.15) is 5.82 Å². The monoisotopic (exact) mass is 289 g/mol. The fraction of sp³-hybridized carbons (Fsp3) is 0.182. The Morgan fingerprint density at radius 2 is 2.00 bits per heavy atom. The Hall–Kier alpha value is -2.45. The van der Waals surface area contributed by atoms with Crippen LogP contribution in [-0.4, -0.2) is 14.7 Å². The zero-order valence-corrected chi connectivity index (χ0v) is 9.76. The van der Waals surface area contributed by atoms with Crippen LogP contribution in [0.15, 0.2) is 30.5 Å². The summed E-state index contributed by atoms with van der Waals surface area (Å²) in [4.78, 5) is 9.68. The van der Waals surface area contributed by atoms with E-state index < -0.39 is 28.3 Å². The summed E-state index contributed by atoms with van der Waals surface area (Å²) in [7, 11) is 0. The van der Waals surface area contributed by atoms with Gasteiger partial charge in [0.05, 0.1) is 29.5 Å². The molecular weight excluding hydrogens is 282 g/mol. The van der Waals surface area contributed by atoms with Crippen molar-refractivity contribution >= 4 is 5.82 Å². The van der Waals surface area contributed by atoms with Gasteiger partial charge in [-0.25, -0.2) is 4.39 Å². The Bertz CT molecular complexity index is 651. The predicted octanol–water partition coefficient (Wildman–Crippen LogP) is 3.00. The molecule has 0 radical (unpaired) electrons. The number of alkyl halides is 3. The van der Waals surface area contributed by atoms with Gasteiger partial charge >= 0.3 is 12.0 Å². The number of aromatic nitrogens is 2. The Morgan fingerprint density at radius 1 is 1.30 bits per heavy atom. The molecule has 1 aromatic carbocycles. The molecule has 0 aliphatic carbocycles. The van der Waals surface area contributed by atoms with Crippen molar-refractivity contribution in [2.45, 2.75) is 12.7 Å². The molecule has 2 aromatic rings. The summed E-state index contributed by atoms with van der Waals surface area (Å²) in [5.74, 6) is -1.48. The van der Waals surface area contributed by atoms with E-state index in [1.807, 2.05) is 0 Å². The van der Waals surface area contributed by atoms with Crippen molar-refractivity contribution in [1.29, 1.82) is 0 Å². The molecule has 1 aromatic heterocycles. The van der Waals surface area contributed by atoms with E-state index in [1.165, 1.54) is 6.20 Å². The molecule has 0 unspecified atom stereocenters. The first-order chi connectivity index (χ1) is 9.27. The number of rotatable bonds is 3. The number of nitrogens with zero attached hydrogens (tertiary/aromatic N) is 3. The van der Waals surface area contributed by atoms with Crippen molar-refractivity contribution in [3.63, 3.8) is 0 Å². The van der Waals surface area contributed by atoms with Gasteiger partial charge in [0.25, 0.3) is 0 Å². The zero-order chi connectivity index (χ0) is 14.9. The molecule has 0 aliphatic heterocycles. The largest absolute Gasteiger partial charge is 0.416 e. The summed E-state index contributed by atoms with van der Waals surface area (Å²) in [6.07, 6.45) is -3.53. The maximum atomic E-state index is 12.9. The normalized spacial score (nSPS) is 11.6. The van der Waals surface area contributed by atoms with Crippen LogP contribution in [0.25, 0.3) is 0 Å². The Labute approximate surface area is 109 Å². The highest BCUT2D eigenvalue weighted by Gasteiger charge is 2.34. The van der Waals surface area contributed by atoms with Crippen LogP contribution in [0.2, 0.25) is 0 Å². The average molecular weight is 289 g/mol. The van der Waals surface area contributed by atoms with Crippen LogP contribution in [0.3, 0.4) is 0 Å². The minimum Gasteiger partial charge on any atom is -0.358 e. The third kappa shape index (κ3) is 2.92. The quantitative estimate of drug-likeness (QED) is 0.496. The molecule has 0 atom stereocenters. The minimum atomic E-state index is -4.71. The van der Waals surface area contributed by atoms with E-state index in [1.54, 1.807) is 0 Å². The molecule has 9 heteroatoms. The summed E-state index contributed by atoms with van der Waals surface area (Å²) in [5.41, 5.74) is -1.35. The smallest absolute Gasteiger partial charge is 0.358 e. The van der Waals surface area contributed by atoms with Gasteiger partial charge in [-0.15, -0.1) is 0 Å². The molecule has 0 amide bonds. The van der Waals surface area contributed by atoms with Gasteiger partial charge in [0.15, 0.2) is 0 Å². The molecule has 20 heavy (non-hydrogen) atoms. The predicted molar refractivity (Wildman–Crippen MR) is 59.4 cm³/mol. The fourth-order valence-corrected chi connectivity index (χ4v) is 1.66. The standard InChI is InChI=1S/C11H7F4N3O2/c12-8-2-1-7(9(5-8)11(13,14)15)6-17-4-3-10(16-17)18(19)20/h1-5H,6H2. The molecule has 106 valence electrons. The van der Waals surface area contributed by atoms with E-state index >= 15 is 0 Å². The van der Waals surface area contributed by atoms with Crippen LogP contribution in [0.4, 0.5) is 23.4 Å². The van der Waals surface area contributed by atoms with Crippen molar-refractivity contribution in [2.24, 2.45) is 0 Å². The number of nitro groups is 1. The molecule has 0 spiro atoms. The van der Waals surface area contributed by atoms with E-state index in [0.717, 1.165) is 22.9 Å². The maximum Gasteiger partial charge on any atom is 0.416 e. The van der Waals surface area contributed by atoms with Crippen molar-refractivity contribution < 1.29 is 22.5 Å². The number of benzene rings is 1. The van der Waals surface area contributed by atoms with E-state index in [9.17, 15) is 27.7 Å². The van der Waals surface area contributed by atoms with Gasteiger partial charge in [-0.3, -0.25) is 0 Å². The van der Waals surface area contributed by atoms with E-state index in [0.29, 0.717) is 6.07 Å². The van der Waals surface area contributed by atoms with Gasteiger partial charge in [0, 0.05) is 0 Å². The molecule has 5 nitrogen and oxygen atoms in total. The highest BCUT2D eigenvalue weighted by atomic mass is 19.4. The molecule has 0 fully saturated rings. The highest BCUT2D eigenvalue weighted by molar-refractivity contribution is 5.31. The SMILES string of the molecule is O=[N+]([O-])c1ccn(Cc2ccc(F)cc2C(F)(F)F)n1. The summed E-state index contributed by atoms with van der Waals surface area (Å²) >= 11 is 0. The van der Waals surface area contributed by atoms with Crippen molar-refractivity contribution in [3.05, 3.63) is 57.5 Å². The van der Waals surface area contributed by atoms with Crippen LogP contribution in [-0.2, 0) is 12.7 Å².